The molecule has 0 aliphatic carbocycles. The SMILES string of the molecule is CCC(=O)c1cc(OC)ccc1OC(=O)c1ccccc1. The lowest BCUT2D eigenvalue weighted by atomic mass is 10.1. The summed E-state index contributed by atoms with van der Waals surface area (Å²) in [6.07, 6.45) is 0.322. The molecule has 21 heavy (non-hydrogen) atoms. The number of carbonyl (C=O) groups is 2. The first-order valence-corrected chi connectivity index (χ1v) is 6.64. The van der Waals surface area contributed by atoms with Crippen LogP contribution in [-0.2, 0) is 0 Å². The van der Waals surface area contributed by atoms with Gasteiger partial charge in [0, 0.05) is 6.42 Å². The van der Waals surface area contributed by atoms with E-state index in [1.165, 1.54) is 7.11 Å². The van der Waals surface area contributed by atoms with Crippen LogP contribution in [0.2, 0.25) is 0 Å². The Hall–Kier alpha value is -2.62. The molecule has 0 aromatic heterocycles. The molecule has 0 heterocycles. The number of ketones is 1. The van der Waals surface area contributed by atoms with E-state index >= 15 is 0 Å². The first-order chi connectivity index (χ1) is 10.2. The second-order valence-corrected chi connectivity index (χ2v) is 4.39. The Bertz CT molecular complexity index is 647. The van der Waals surface area contributed by atoms with Gasteiger partial charge in [0.05, 0.1) is 18.2 Å². The molecule has 0 aliphatic heterocycles. The molecule has 2 aromatic rings. The Kier molecular flexibility index (Phi) is 4.72. The van der Waals surface area contributed by atoms with Gasteiger partial charge in [0.25, 0.3) is 0 Å². The molecule has 0 saturated carbocycles. The van der Waals surface area contributed by atoms with Crippen molar-refractivity contribution in [3.8, 4) is 11.5 Å². The number of ether oxygens (including phenoxy) is 2. The highest BCUT2D eigenvalue weighted by molar-refractivity contribution is 6.00. The third-order valence-electron chi connectivity index (χ3n) is 3.02. The van der Waals surface area contributed by atoms with Crippen LogP contribution >= 0.6 is 0 Å². The van der Waals surface area contributed by atoms with Crippen molar-refractivity contribution >= 4 is 11.8 Å². The minimum Gasteiger partial charge on any atom is -0.497 e. The molecule has 0 bridgehead atoms. The summed E-state index contributed by atoms with van der Waals surface area (Å²) in [6, 6.07) is 13.4. The van der Waals surface area contributed by atoms with Gasteiger partial charge in [-0.3, -0.25) is 4.79 Å². The van der Waals surface area contributed by atoms with E-state index in [0.717, 1.165) is 0 Å². The van der Waals surface area contributed by atoms with Gasteiger partial charge in [0.1, 0.15) is 11.5 Å². The zero-order valence-electron chi connectivity index (χ0n) is 12.0. The maximum absolute atomic E-state index is 12.1. The number of carbonyl (C=O) groups excluding carboxylic acids is 2. The van der Waals surface area contributed by atoms with Gasteiger partial charge in [-0.05, 0) is 30.3 Å². The van der Waals surface area contributed by atoms with Crippen LogP contribution in [0.4, 0.5) is 0 Å². The van der Waals surface area contributed by atoms with Crippen LogP contribution in [0.3, 0.4) is 0 Å². The molecule has 2 rings (SSSR count). The molecule has 0 saturated heterocycles. The highest BCUT2D eigenvalue weighted by Crippen LogP contribution is 2.26. The van der Waals surface area contributed by atoms with Crippen LogP contribution < -0.4 is 9.47 Å². The van der Waals surface area contributed by atoms with Gasteiger partial charge < -0.3 is 9.47 Å². The quantitative estimate of drug-likeness (QED) is 0.479. The molecule has 108 valence electrons. The highest BCUT2D eigenvalue weighted by atomic mass is 16.5. The smallest absolute Gasteiger partial charge is 0.343 e. The van der Waals surface area contributed by atoms with Gasteiger partial charge in [-0.2, -0.15) is 0 Å². The maximum atomic E-state index is 12.1. The van der Waals surface area contributed by atoms with Crippen LogP contribution in [0.1, 0.15) is 34.1 Å². The topological polar surface area (TPSA) is 52.6 Å². The summed E-state index contributed by atoms with van der Waals surface area (Å²) < 4.78 is 10.4. The van der Waals surface area contributed by atoms with E-state index in [2.05, 4.69) is 0 Å². The second-order valence-electron chi connectivity index (χ2n) is 4.39. The molecule has 0 radical (unpaired) electrons. The van der Waals surface area contributed by atoms with Crippen molar-refractivity contribution in [2.75, 3.05) is 7.11 Å². The van der Waals surface area contributed by atoms with E-state index in [9.17, 15) is 9.59 Å². The zero-order valence-corrected chi connectivity index (χ0v) is 12.0. The van der Waals surface area contributed by atoms with E-state index in [1.54, 1.807) is 49.4 Å². The molecule has 2 aromatic carbocycles. The van der Waals surface area contributed by atoms with Crippen LogP contribution in [0.25, 0.3) is 0 Å². The largest absolute Gasteiger partial charge is 0.497 e. The van der Waals surface area contributed by atoms with Crippen molar-refractivity contribution in [1.29, 1.82) is 0 Å². The number of rotatable bonds is 5. The fourth-order valence-corrected chi connectivity index (χ4v) is 1.87. The molecule has 0 unspecified atom stereocenters. The molecule has 0 spiro atoms. The normalized spacial score (nSPS) is 10.0. The molecule has 4 heteroatoms. The molecule has 4 nitrogen and oxygen atoms in total. The van der Waals surface area contributed by atoms with Crippen LogP contribution in [0.15, 0.2) is 48.5 Å². The standard InChI is InChI=1S/C17H16O4/c1-3-15(18)14-11-13(20-2)9-10-16(14)21-17(19)12-7-5-4-6-8-12/h4-11H,3H2,1-2H3. The third kappa shape index (κ3) is 3.48. The molecule has 0 amide bonds. The minimum atomic E-state index is -0.495. The van der Waals surface area contributed by atoms with E-state index in [-0.39, 0.29) is 11.5 Å². The highest BCUT2D eigenvalue weighted by Gasteiger charge is 2.16. The predicted octanol–water partition coefficient (Wildman–Crippen LogP) is 3.51. The number of Topliss-reactive ketones (excluding diaryl/α,β-unsaturated/α-hetero) is 1. The Morgan fingerprint density at radius 1 is 1.05 bits per heavy atom. The van der Waals surface area contributed by atoms with Gasteiger partial charge >= 0.3 is 5.97 Å². The van der Waals surface area contributed by atoms with Crippen LogP contribution in [0, 0.1) is 0 Å². The molecule has 0 N–H and O–H groups in total. The monoisotopic (exact) mass is 284 g/mol. The summed E-state index contributed by atoms with van der Waals surface area (Å²) in [5.41, 5.74) is 0.782. The van der Waals surface area contributed by atoms with Crippen molar-refractivity contribution in [1.82, 2.24) is 0 Å². The van der Waals surface area contributed by atoms with E-state index in [4.69, 9.17) is 9.47 Å². The third-order valence-corrected chi connectivity index (χ3v) is 3.02. The Labute approximate surface area is 123 Å². The number of benzene rings is 2. The van der Waals surface area contributed by atoms with Gasteiger partial charge in [-0.1, -0.05) is 25.1 Å². The first kappa shape index (κ1) is 14.8. The van der Waals surface area contributed by atoms with Crippen LogP contribution in [0.5, 0.6) is 11.5 Å². The average Bonchev–Trinajstić information content (AvgIpc) is 2.55. The number of methoxy groups -OCH3 is 1. The molecule has 0 aliphatic rings. The van der Waals surface area contributed by atoms with Gasteiger partial charge in [0.2, 0.25) is 0 Å². The summed E-state index contributed by atoms with van der Waals surface area (Å²) in [4.78, 5) is 24.0. The molecular formula is C17H16O4. The molecular weight excluding hydrogens is 268 g/mol. The number of esters is 1. The van der Waals surface area contributed by atoms with Gasteiger partial charge in [0.15, 0.2) is 5.78 Å². The van der Waals surface area contributed by atoms with Crippen molar-refractivity contribution in [2.24, 2.45) is 0 Å². The molecule has 0 fully saturated rings. The summed E-state index contributed by atoms with van der Waals surface area (Å²) >= 11 is 0. The average molecular weight is 284 g/mol. The fourth-order valence-electron chi connectivity index (χ4n) is 1.87. The van der Waals surface area contributed by atoms with Crippen molar-refractivity contribution in [2.45, 2.75) is 13.3 Å². The second kappa shape index (κ2) is 6.70. The van der Waals surface area contributed by atoms with E-state index in [0.29, 0.717) is 23.3 Å². The van der Waals surface area contributed by atoms with Gasteiger partial charge in [-0.25, -0.2) is 4.79 Å². The number of hydrogen-bond donors (Lipinski definition) is 0. The summed E-state index contributed by atoms with van der Waals surface area (Å²) in [5, 5.41) is 0. The number of hydrogen-bond acceptors (Lipinski definition) is 4. The summed E-state index contributed by atoms with van der Waals surface area (Å²) in [5.74, 6) is 0.193. The van der Waals surface area contributed by atoms with Crippen molar-refractivity contribution in [3.63, 3.8) is 0 Å². The summed E-state index contributed by atoms with van der Waals surface area (Å²) in [7, 11) is 1.52. The van der Waals surface area contributed by atoms with Crippen LogP contribution in [-0.4, -0.2) is 18.9 Å². The Morgan fingerprint density at radius 3 is 2.38 bits per heavy atom. The fraction of sp³-hybridized carbons (Fsp3) is 0.176. The van der Waals surface area contributed by atoms with Gasteiger partial charge in [-0.15, -0.1) is 0 Å². The van der Waals surface area contributed by atoms with E-state index < -0.39 is 5.97 Å². The zero-order chi connectivity index (χ0) is 15.2. The lowest BCUT2D eigenvalue weighted by Crippen LogP contribution is -2.11. The Balaban J connectivity index is 2.31. The lowest BCUT2D eigenvalue weighted by molar-refractivity contribution is 0.0732. The Morgan fingerprint density at radius 2 is 1.76 bits per heavy atom. The minimum absolute atomic E-state index is 0.107. The predicted molar refractivity (Wildman–Crippen MR) is 79.0 cm³/mol. The van der Waals surface area contributed by atoms with Crippen molar-refractivity contribution < 1.29 is 19.1 Å². The van der Waals surface area contributed by atoms with Crippen molar-refractivity contribution in [3.05, 3.63) is 59.7 Å². The maximum Gasteiger partial charge on any atom is 0.343 e. The first-order valence-electron chi connectivity index (χ1n) is 6.64. The van der Waals surface area contributed by atoms with E-state index in [1.807, 2.05) is 6.07 Å². The molecule has 0 atom stereocenters. The summed E-state index contributed by atoms with van der Waals surface area (Å²) in [6.45, 7) is 1.75. The lowest BCUT2D eigenvalue weighted by Gasteiger charge is -2.10.